The van der Waals surface area contributed by atoms with E-state index < -0.39 is 53.2 Å². The fourth-order valence-corrected chi connectivity index (χ4v) is 3.53. The molecule has 8 nitrogen and oxygen atoms in total. The molecule has 37 heavy (non-hydrogen) atoms. The molecule has 3 aromatic rings. The maximum Gasteiger partial charge on any atom is 1.00 e. The normalized spacial score (nSPS) is 11.5. The Morgan fingerprint density at radius 1 is 1.05 bits per heavy atom. The van der Waals surface area contributed by atoms with Gasteiger partial charge in [0, 0.05) is 25.6 Å². The van der Waals surface area contributed by atoms with Crippen LogP contribution in [0.2, 0.25) is 0 Å². The number of rotatable bonds is 6. The third kappa shape index (κ3) is 8.36. The van der Waals surface area contributed by atoms with E-state index in [1.165, 1.54) is 56.6 Å². The molecule has 1 heterocycles. The molecular weight excluding hydrogens is 513 g/mol. The van der Waals surface area contributed by atoms with E-state index in [2.05, 4.69) is 10.6 Å². The van der Waals surface area contributed by atoms with Crippen molar-refractivity contribution in [3.8, 4) is 16.9 Å². The Kier molecular flexibility index (Phi) is 11.9. The smallest absolute Gasteiger partial charge is 0.871 e. The Labute approximate surface area is 254 Å². The van der Waals surface area contributed by atoms with Crippen molar-refractivity contribution in [3.63, 3.8) is 0 Å². The molecule has 13 heteroatoms. The van der Waals surface area contributed by atoms with Gasteiger partial charge in [-0.15, -0.1) is 0 Å². The Balaban J connectivity index is 0.00000342. The Bertz CT molecular complexity index is 1350. The molecule has 0 saturated carbocycles. The summed E-state index contributed by atoms with van der Waals surface area (Å²) >= 11 is 0. The minimum atomic E-state index is -4.54. The van der Waals surface area contributed by atoms with E-state index >= 15 is 0 Å². The average molecular weight is 533 g/mol. The zero-order valence-corrected chi connectivity index (χ0v) is 24.6. The van der Waals surface area contributed by atoms with E-state index in [-0.39, 0.29) is 75.8 Å². The SMILES string of the molecule is Cc1cn(C)c(=O)c(NC(=O)N[C@@H](CC(=O)[O-])c2cccc(-c3cccc(C(F)(F)F)c3)c2)c1[O-].[Na+].[Na+]. The minimum absolute atomic E-state index is 0. The number of aryl methyl sites for hydroxylation is 2. The maximum absolute atomic E-state index is 13.1. The first kappa shape index (κ1) is 32.7. The van der Waals surface area contributed by atoms with Gasteiger partial charge in [0.05, 0.1) is 11.6 Å². The van der Waals surface area contributed by atoms with E-state index in [1.807, 2.05) is 0 Å². The number of pyridine rings is 1. The molecule has 0 aliphatic heterocycles. The van der Waals surface area contributed by atoms with Crippen molar-refractivity contribution >= 4 is 17.7 Å². The third-order valence-corrected chi connectivity index (χ3v) is 5.23. The number of nitrogens with zero attached hydrogens (tertiary/aromatic N) is 1. The van der Waals surface area contributed by atoms with Gasteiger partial charge in [-0.3, -0.25) is 4.79 Å². The van der Waals surface area contributed by atoms with E-state index in [4.69, 9.17) is 0 Å². The van der Waals surface area contributed by atoms with Crippen molar-refractivity contribution in [2.45, 2.75) is 25.6 Å². The molecule has 0 unspecified atom stereocenters. The fraction of sp³-hybridized carbons (Fsp3) is 0.208. The van der Waals surface area contributed by atoms with Crippen LogP contribution in [0.1, 0.15) is 29.2 Å². The number of hydrogen-bond acceptors (Lipinski definition) is 5. The number of carboxylic acid groups (broad SMARTS) is 1. The number of anilines is 1. The number of hydrogen-bond donors (Lipinski definition) is 2. The van der Waals surface area contributed by atoms with Gasteiger partial charge >= 0.3 is 71.3 Å². The topological polar surface area (TPSA) is 126 Å². The number of halogens is 3. The van der Waals surface area contributed by atoms with Crippen LogP contribution in [0.15, 0.2) is 59.5 Å². The molecule has 0 spiro atoms. The van der Waals surface area contributed by atoms with Gasteiger partial charge in [0.2, 0.25) is 0 Å². The molecule has 2 N–H and O–H groups in total. The minimum Gasteiger partial charge on any atom is -0.871 e. The molecule has 2 aromatic carbocycles. The van der Waals surface area contributed by atoms with Gasteiger partial charge in [-0.1, -0.05) is 36.1 Å². The molecular formula is C24H20F3N3Na2O5. The summed E-state index contributed by atoms with van der Waals surface area (Å²) in [6.45, 7) is 1.46. The number of amides is 2. The summed E-state index contributed by atoms with van der Waals surface area (Å²) in [7, 11) is 1.40. The summed E-state index contributed by atoms with van der Waals surface area (Å²) in [5.74, 6) is -2.19. The second-order valence-corrected chi connectivity index (χ2v) is 7.86. The summed E-state index contributed by atoms with van der Waals surface area (Å²) < 4.78 is 40.4. The predicted octanol–water partition coefficient (Wildman–Crippen LogP) is -3.54. The van der Waals surface area contributed by atoms with Crippen molar-refractivity contribution in [3.05, 3.63) is 81.8 Å². The van der Waals surface area contributed by atoms with Crippen molar-refractivity contribution < 1.29 is 92.1 Å². The number of carbonyl (C=O) groups excluding carboxylic acids is 2. The number of urea groups is 1. The Morgan fingerprint density at radius 3 is 2.24 bits per heavy atom. The van der Waals surface area contributed by atoms with Crippen LogP contribution in [0.25, 0.3) is 11.1 Å². The zero-order chi connectivity index (χ0) is 25.9. The van der Waals surface area contributed by atoms with E-state index in [0.717, 1.165) is 16.7 Å². The first-order valence-electron chi connectivity index (χ1n) is 10.3. The van der Waals surface area contributed by atoms with Gasteiger partial charge in [0.15, 0.2) is 0 Å². The number of benzene rings is 2. The van der Waals surface area contributed by atoms with Gasteiger partial charge < -0.3 is 30.2 Å². The molecule has 1 aromatic heterocycles. The number of carboxylic acids is 1. The van der Waals surface area contributed by atoms with Crippen molar-refractivity contribution in [2.24, 2.45) is 7.05 Å². The van der Waals surface area contributed by atoms with E-state index in [9.17, 15) is 37.8 Å². The zero-order valence-electron chi connectivity index (χ0n) is 20.6. The van der Waals surface area contributed by atoms with Crippen LogP contribution < -0.4 is 85.5 Å². The standard InChI is InChI=1S/C24H22F3N3O5.2Na/c1-13-12-30(2)22(34)20(21(13)33)29-23(35)28-18(11-19(31)32)16-7-3-5-14(9-16)15-6-4-8-17(10-15)24(25,26)27;;/h3-10,12,18,33H,11H2,1-2H3,(H,31,32)(H2,28,29,35);;/q;2*+1/p-2/t18-;;/m0../s1. The Hall–Kier alpha value is -2.28. The van der Waals surface area contributed by atoms with Gasteiger partial charge in [-0.05, 0) is 47.4 Å². The van der Waals surface area contributed by atoms with E-state index in [0.29, 0.717) is 5.56 Å². The largest absolute Gasteiger partial charge is 1.00 e. The number of nitrogens with one attached hydrogen (secondary N) is 2. The third-order valence-electron chi connectivity index (χ3n) is 5.23. The van der Waals surface area contributed by atoms with Crippen LogP contribution in [-0.2, 0) is 18.0 Å². The molecule has 184 valence electrons. The number of aliphatic carboxylic acids is 1. The summed E-state index contributed by atoms with van der Waals surface area (Å²) in [6.07, 6.45) is -3.90. The molecule has 0 bridgehead atoms. The summed E-state index contributed by atoms with van der Waals surface area (Å²) in [5, 5.41) is 28.1. The second kappa shape index (κ2) is 13.5. The van der Waals surface area contributed by atoms with Crippen molar-refractivity contribution in [2.75, 3.05) is 5.32 Å². The summed E-state index contributed by atoms with van der Waals surface area (Å²) in [5.41, 5.74) is -1.04. The van der Waals surface area contributed by atoms with E-state index in [1.54, 1.807) is 0 Å². The summed E-state index contributed by atoms with van der Waals surface area (Å²) in [4.78, 5) is 36.1. The van der Waals surface area contributed by atoms with Gasteiger partial charge in [0.1, 0.15) is 5.69 Å². The van der Waals surface area contributed by atoms with Crippen LogP contribution in [0.5, 0.6) is 5.75 Å². The van der Waals surface area contributed by atoms with Crippen LogP contribution in [0, 0.1) is 6.92 Å². The fourth-order valence-electron chi connectivity index (χ4n) is 3.53. The molecule has 0 radical (unpaired) electrons. The van der Waals surface area contributed by atoms with Crippen molar-refractivity contribution in [1.82, 2.24) is 9.88 Å². The molecule has 3 rings (SSSR count). The molecule has 0 saturated heterocycles. The molecule has 0 aliphatic carbocycles. The monoisotopic (exact) mass is 533 g/mol. The van der Waals surface area contributed by atoms with Crippen LogP contribution in [-0.4, -0.2) is 16.6 Å². The molecule has 2 amide bonds. The maximum atomic E-state index is 13.1. The van der Waals surface area contributed by atoms with Crippen LogP contribution >= 0.6 is 0 Å². The molecule has 0 aliphatic rings. The van der Waals surface area contributed by atoms with Gasteiger partial charge in [-0.25, -0.2) is 4.79 Å². The summed E-state index contributed by atoms with van der Waals surface area (Å²) in [6, 6.07) is 8.37. The Morgan fingerprint density at radius 2 is 1.65 bits per heavy atom. The average Bonchev–Trinajstić information content (AvgIpc) is 2.79. The van der Waals surface area contributed by atoms with Gasteiger partial charge in [-0.2, -0.15) is 13.2 Å². The molecule has 1 atom stereocenters. The number of alkyl halides is 3. The van der Waals surface area contributed by atoms with Crippen LogP contribution in [0.4, 0.5) is 23.7 Å². The van der Waals surface area contributed by atoms with Gasteiger partial charge in [0.25, 0.3) is 5.56 Å². The first-order valence-corrected chi connectivity index (χ1v) is 10.3. The molecule has 0 fully saturated rings. The number of aromatic nitrogens is 1. The quantitative estimate of drug-likeness (QED) is 0.318. The predicted molar refractivity (Wildman–Crippen MR) is 117 cm³/mol. The second-order valence-electron chi connectivity index (χ2n) is 7.86. The van der Waals surface area contributed by atoms with Crippen molar-refractivity contribution in [1.29, 1.82) is 0 Å². The first-order chi connectivity index (χ1) is 16.4. The number of carbonyl (C=O) groups is 2. The van der Waals surface area contributed by atoms with Crippen LogP contribution in [0.3, 0.4) is 0 Å².